The first-order valence-electron chi connectivity index (χ1n) is 8.25. The number of ether oxygens (including phenoxy) is 3. The lowest BCUT2D eigenvalue weighted by Gasteiger charge is -2.44. The van der Waals surface area contributed by atoms with Crippen LogP contribution in [0.3, 0.4) is 0 Å². The van der Waals surface area contributed by atoms with E-state index < -0.39 is 17.3 Å². The molecule has 1 unspecified atom stereocenters. The van der Waals surface area contributed by atoms with Crippen molar-refractivity contribution in [3.05, 3.63) is 24.3 Å². The first-order valence-corrected chi connectivity index (χ1v) is 8.66. The van der Waals surface area contributed by atoms with Gasteiger partial charge < -0.3 is 25.3 Å². The second-order valence-corrected chi connectivity index (χ2v) is 7.71. The molecule has 1 aromatic carbocycles. The Morgan fingerprint density at radius 1 is 1.32 bits per heavy atom. The number of carbonyl (C=O) groups is 1. The van der Waals surface area contributed by atoms with Gasteiger partial charge in [0, 0.05) is 24.1 Å². The number of anilines is 1. The number of nitrogen functional groups attached to an aromatic ring is 1. The van der Waals surface area contributed by atoms with Crippen LogP contribution < -0.4 is 15.8 Å². The maximum Gasteiger partial charge on any atom is 0.249 e. The number of rotatable bonds is 5. The Labute approximate surface area is 154 Å². The van der Waals surface area contributed by atoms with Crippen molar-refractivity contribution in [3.63, 3.8) is 0 Å². The fraction of sp³-hybridized carbons (Fsp3) is 0.556. The van der Waals surface area contributed by atoms with E-state index in [1.54, 1.807) is 38.1 Å². The Balaban J connectivity index is 1.81. The molecule has 1 fully saturated rings. The van der Waals surface area contributed by atoms with Crippen LogP contribution in [0.25, 0.3) is 0 Å². The molecule has 3 N–H and O–H groups in total. The monoisotopic (exact) mass is 366 g/mol. The van der Waals surface area contributed by atoms with Gasteiger partial charge in [-0.15, -0.1) is 0 Å². The average molecular weight is 366 g/mol. The molecule has 1 aliphatic heterocycles. The van der Waals surface area contributed by atoms with E-state index in [0.29, 0.717) is 36.1 Å². The van der Waals surface area contributed by atoms with Crippen molar-refractivity contribution in [3.8, 4) is 5.75 Å². The van der Waals surface area contributed by atoms with Gasteiger partial charge in [0.25, 0.3) is 0 Å². The van der Waals surface area contributed by atoms with Gasteiger partial charge in [0.05, 0.1) is 6.61 Å². The standard InChI is InChI=1S/C18H26N2O4S/c1-17(2)11-22-18(3,4)24-15(17)16(21)20-10-9-14(25)23-13-7-5-12(19)6-8-13/h5-8,15H,9-11,19H2,1-4H3,(H,20,21). The van der Waals surface area contributed by atoms with Gasteiger partial charge in [0.2, 0.25) is 5.91 Å². The predicted molar refractivity (Wildman–Crippen MR) is 100 cm³/mol. The fourth-order valence-corrected chi connectivity index (χ4v) is 2.62. The zero-order valence-corrected chi connectivity index (χ0v) is 15.9. The summed E-state index contributed by atoms with van der Waals surface area (Å²) >= 11 is 5.20. The Morgan fingerprint density at radius 2 is 1.96 bits per heavy atom. The van der Waals surface area contributed by atoms with Gasteiger partial charge in [0.15, 0.2) is 10.8 Å². The summed E-state index contributed by atoms with van der Waals surface area (Å²) in [5, 5.41) is 3.27. The van der Waals surface area contributed by atoms with E-state index in [1.807, 2.05) is 13.8 Å². The number of hydrogen-bond acceptors (Lipinski definition) is 6. The second kappa shape index (κ2) is 7.68. The van der Waals surface area contributed by atoms with Crippen LogP contribution in [0.5, 0.6) is 5.75 Å². The van der Waals surface area contributed by atoms with Crippen LogP contribution in [-0.4, -0.2) is 36.0 Å². The summed E-state index contributed by atoms with van der Waals surface area (Å²) in [7, 11) is 0. The van der Waals surface area contributed by atoms with Crippen molar-refractivity contribution in [1.82, 2.24) is 5.32 Å². The van der Waals surface area contributed by atoms with Gasteiger partial charge in [-0.05, 0) is 50.3 Å². The summed E-state index contributed by atoms with van der Waals surface area (Å²) in [5.41, 5.74) is 5.88. The quantitative estimate of drug-likeness (QED) is 0.616. The van der Waals surface area contributed by atoms with Crippen molar-refractivity contribution in [1.29, 1.82) is 0 Å². The molecule has 1 atom stereocenters. The van der Waals surface area contributed by atoms with E-state index in [9.17, 15) is 4.79 Å². The molecule has 0 aromatic heterocycles. The molecule has 2 rings (SSSR count). The molecule has 0 saturated carbocycles. The van der Waals surface area contributed by atoms with E-state index in [0.717, 1.165) is 0 Å². The van der Waals surface area contributed by atoms with Crippen LogP contribution in [0.4, 0.5) is 5.69 Å². The molecule has 1 aliphatic rings. The minimum Gasteiger partial charge on any atom is -0.450 e. The molecule has 1 heterocycles. The number of benzene rings is 1. The SMILES string of the molecule is CC1(C)OCC(C)(C)C(C(=O)NCCC(=S)Oc2ccc(N)cc2)O1. The van der Waals surface area contributed by atoms with Gasteiger partial charge >= 0.3 is 0 Å². The molecule has 7 heteroatoms. The van der Waals surface area contributed by atoms with Crippen LogP contribution in [0.15, 0.2) is 24.3 Å². The number of hydrogen-bond donors (Lipinski definition) is 2. The number of carbonyl (C=O) groups excluding carboxylic acids is 1. The molecule has 138 valence electrons. The summed E-state index contributed by atoms with van der Waals surface area (Å²) in [6, 6.07) is 6.99. The number of thiocarbonyl (C=S) groups is 1. The van der Waals surface area contributed by atoms with Gasteiger partial charge in [0.1, 0.15) is 11.9 Å². The third-order valence-corrected chi connectivity index (χ3v) is 4.17. The lowest BCUT2D eigenvalue weighted by Crippen LogP contribution is -2.56. The minimum absolute atomic E-state index is 0.170. The van der Waals surface area contributed by atoms with E-state index in [1.165, 1.54) is 0 Å². The third-order valence-electron chi connectivity index (χ3n) is 3.88. The molecule has 1 amide bonds. The summed E-state index contributed by atoms with van der Waals surface area (Å²) in [6.45, 7) is 8.33. The van der Waals surface area contributed by atoms with E-state index in [2.05, 4.69) is 5.32 Å². The predicted octanol–water partition coefficient (Wildman–Crippen LogP) is 2.66. The molecule has 6 nitrogen and oxygen atoms in total. The number of amides is 1. The maximum absolute atomic E-state index is 12.5. The second-order valence-electron chi connectivity index (χ2n) is 7.26. The number of nitrogens with one attached hydrogen (secondary N) is 1. The highest BCUT2D eigenvalue weighted by Crippen LogP contribution is 2.34. The van der Waals surface area contributed by atoms with E-state index >= 15 is 0 Å². The van der Waals surface area contributed by atoms with Gasteiger partial charge in [-0.1, -0.05) is 13.8 Å². The first-order chi connectivity index (χ1) is 11.6. The summed E-state index contributed by atoms with van der Waals surface area (Å²) in [4.78, 5) is 12.5. The molecule has 1 saturated heterocycles. The smallest absolute Gasteiger partial charge is 0.249 e. The zero-order valence-electron chi connectivity index (χ0n) is 15.1. The Bertz CT molecular complexity index is 628. The van der Waals surface area contributed by atoms with Crippen molar-refractivity contribution in [2.24, 2.45) is 5.41 Å². The van der Waals surface area contributed by atoms with Crippen molar-refractivity contribution in [2.75, 3.05) is 18.9 Å². The molecule has 0 radical (unpaired) electrons. The normalized spacial score (nSPS) is 21.4. The summed E-state index contributed by atoms with van der Waals surface area (Å²) in [5.74, 6) is -0.316. The lowest BCUT2D eigenvalue weighted by molar-refractivity contribution is -0.304. The van der Waals surface area contributed by atoms with Crippen LogP contribution in [0.1, 0.15) is 34.1 Å². The van der Waals surface area contributed by atoms with Crippen LogP contribution in [0, 0.1) is 5.41 Å². The highest BCUT2D eigenvalue weighted by atomic mass is 32.1. The Morgan fingerprint density at radius 3 is 2.60 bits per heavy atom. The van der Waals surface area contributed by atoms with Crippen LogP contribution in [0.2, 0.25) is 0 Å². The lowest BCUT2D eigenvalue weighted by atomic mass is 9.85. The van der Waals surface area contributed by atoms with Gasteiger partial charge in [-0.2, -0.15) is 0 Å². The zero-order chi connectivity index (χ0) is 18.7. The van der Waals surface area contributed by atoms with Gasteiger partial charge in [-0.25, -0.2) is 0 Å². The fourth-order valence-electron chi connectivity index (χ4n) is 2.42. The minimum atomic E-state index is -0.773. The first kappa shape index (κ1) is 19.6. The molecule has 0 aliphatic carbocycles. The van der Waals surface area contributed by atoms with E-state index in [4.69, 9.17) is 32.2 Å². The summed E-state index contributed by atoms with van der Waals surface area (Å²) < 4.78 is 17.0. The Hall–Kier alpha value is -1.70. The van der Waals surface area contributed by atoms with Crippen LogP contribution >= 0.6 is 12.2 Å². The van der Waals surface area contributed by atoms with Crippen molar-refractivity contribution >= 4 is 28.9 Å². The third kappa shape index (κ3) is 5.66. The molecule has 1 aromatic rings. The van der Waals surface area contributed by atoms with Crippen LogP contribution in [-0.2, 0) is 14.3 Å². The average Bonchev–Trinajstić information content (AvgIpc) is 2.52. The van der Waals surface area contributed by atoms with Crippen molar-refractivity contribution < 1.29 is 19.0 Å². The van der Waals surface area contributed by atoms with Gasteiger partial charge in [-0.3, -0.25) is 4.79 Å². The largest absolute Gasteiger partial charge is 0.450 e. The molecule has 0 bridgehead atoms. The highest BCUT2D eigenvalue weighted by Gasteiger charge is 2.45. The van der Waals surface area contributed by atoms with E-state index in [-0.39, 0.29) is 5.91 Å². The topological polar surface area (TPSA) is 82.8 Å². The molecular weight excluding hydrogens is 340 g/mol. The summed E-state index contributed by atoms with van der Waals surface area (Å²) in [6.07, 6.45) is -0.152. The Kier molecular flexibility index (Phi) is 6.03. The molecule has 25 heavy (non-hydrogen) atoms. The molecule has 0 spiro atoms. The number of nitrogens with two attached hydrogens (primary N) is 1. The maximum atomic E-state index is 12.5. The molecular formula is C18H26N2O4S. The highest BCUT2D eigenvalue weighted by molar-refractivity contribution is 7.80. The van der Waals surface area contributed by atoms with Crippen molar-refractivity contribution in [2.45, 2.75) is 46.0 Å².